The zero-order valence-electron chi connectivity index (χ0n) is 14.1. The molecule has 1 atom stereocenters. The smallest absolute Gasteiger partial charge is 0.251 e. The Kier molecular flexibility index (Phi) is 5.78. The minimum Gasteiger partial charge on any atom is -0.493 e. The molecule has 0 aromatic heterocycles. The highest BCUT2D eigenvalue weighted by Gasteiger charge is 2.26. The first-order chi connectivity index (χ1) is 11.5. The van der Waals surface area contributed by atoms with Crippen LogP contribution in [0.2, 0.25) is 0 Å². The number of carbonyl (C=O) groups excluding carboxylic acids is 3. The van der Waals surface area contributed by atoms with Gasteiger partial charge in [-0.15, -0.1) is 0 Å². The summed E-state index contributed by atoms with van der Waals surface area (Å²) in [6, 6.07) is 4.79. The molecular formula is C17H22N2O5. The monoisotopic (exact) mass is 334 g/mol. The predicted molar refractivity (Wildman–Crippen MR) is 87.2 cm³/mol. The van der Waals surface area contributed by atoms with Crippen LogP contribution in [0.15, 0.2) is 18.2 Å². The standard InChI is InChI=1S/C17H22N2O5/c1-11-10-19(7-6-13(11)20)16(21)9-18-17(22)12-4-5-14(23-2)15(8-12)24-3/h4-5,8,11H,6-7,9-10H2,1-3H3,(H,18,22)/t11-/m1/s1. The highest BCUT2D eigenvalue weighted by molar-refractivity contribution is 5.97. The van der Waals surface area contributed by atoms with Crippen molar-refractivity contribution in [2.24, 2.45) is 5.92 Å². The summed E-state index contributed by atoms with van der Waals surface area (Å²) < 4.78 is 10.3. The molecule has 1 aliphatic heterocycles. The van der Waals surface area contributed by atoms with Gasteiger partial charge < -0.3 is 19.7 Å². The molecule has 0 spiro atoms. The number of ether oxygens (including phenoxy) is 2. The number of hydrogen-bond acceptors (Lipinski definition) is 5. The van der Waals surface area contributed by atoms with Crippen LogP contribution in [0.25, 0.3) is 0 Å². The van der Waals surface area contributed by atoms with Crippen LogP contribution in [-0.2, 0) is 9.59 Å². The topological polar surface area (TPSA) is 84.9 Å². The number of likely N-dealkylation sites (tertiary alicyclic amines) is 1. The van der Waals surface area contributed by atoms with Crippen molar-refractivity contribution >= 4 is 17.6 Å². The van der Waals surface area contributed by atoms with E-state index in [-0.39, 0.29) is 30.1 Å². The van der Waals surface area contributed by atoms with Gasteiger partial charge in [0.25, 0.3) is 5.91 Å². The Hall–Kier alpha value is -2.57. The van der Waals surface area contributed by atoms with Crippen molar-refractivity contribution < 1.29 is 23.9 Å². The number of carbonyl (C=O) groups is 3. The summed E-state index contributed by atoms with van der Waals surface area (Å²) in [5.41, 5.74) is 0.377. The van der Waals surface area contributed by atoms with Crippen molar-refractivity contribution in [3.63, 3.8) is 0 Å². The van der Waals surface area contributed by atoms with Gasteiger partial charge in [-0.05, 0) is 18.2 Å². The van der Waals surface area contributed by atoms with Crippen LogP contribution in [0.5, 0.6) is 11.5 Å². The van der Waals surface area contributed by atoms with Crippen molar-refractivity contribution in [1.82, 2.24) is 10.2 Å². The van der Waals surface area contributed by atoms with E-state index in [1.807, 2.05) is 6.92 Å². The van der Waals surface area contributed by atoms with E-state index in [4.69, 9.17) is 9.47 Å². The molecule has 1 aliphatic rings. The fraction of sp³-hybridized carbons (Fsp3) is 0.471. The van der Waals surface area contributed by atoms with Crippen molar-refractivity contribution in [3.05, 3.63) is 23.8 Å². The molecule has 1 N–H and O–H groups in total. The molecule has 2 rings (SSSR count). The molecule has 0 bridgehead atoms. The predicted octanol–water partition coefficient (Wildman–Crippen LogP) is 0.871. The van der Waals surface area contributed by atoms with Crippen molar-refractivity contribution in [1.29, 1.82) is 0 Å². The Morgan fingerprint density at radius 3 is 2.58 bits per heavy atom. The quantitative estimate of drug-likeness (QED) is 0.864. The number of rotatable bonds is 5. The summed E-state index contributed by atoms with van der Waals surface area (Å²) in [7, 11) is 3.00. The molecule has 7 nitrogen and oxygen atoms in total. The first-order valence-corrected chi connectivity index (χ1v) is 7.77. The number of benzene rings is 1. The van der Waals surface area contributed by atoms with Gasteiger partial charge in [-0.3, -0.25) is 14.4 Å². The number of nitrogens with zero attached hydrogens (tertiary/aromatic N) is 1. The molecule has 0 unspecified atom stereocenters. The fourth-order valence-corrected chi connectivity index (χ4v) is 2.59. The molecule has 2 amide bonds. The summed E-state index contributed by atoms with van der Waals surface area (Å²) in [5, 5.41) is 2.60. The lowest BCUT2D eigenvalue weighted by Gasteiger charge is -2.30. The van der Waals surface area contributed by atoms with Gasteiger partial charge in [0, 0.05) is 31.0 Å². The zero-order chi connectivity index (χ0) is 17.7. The number of amides is 2. The first kappa shape index (κ1) is 17.8. The van der Waals surface area contributed by atoms with Gasteiger partial charge in [0.05, 0.1) is 20.8 Å². The highest BCUT2D eigenvalue weighted by atomic mass is 16.5. The van der Waals surface area contributed by atoms with Crippen LogP contribution in [0.4, 0.5) is 0 Å². The van der Waals surface area contributed by atoms with E-state index >= 15 is 0 Å². The number of Topliss-reactive ketones (excluding diaryl/α,β-unsaturated/α-hetero) is 1. The molecule has 130 valence electrons. The Balaban J connectivity index is 1.93. The molecule has 1 heterocycles. The SMILES string of the molecule is COc1ccc(C(=O)NCC(=O)N2CCC(=O)[C@H](C)C2)cc1OC. The van der Waals surface area contributed by atoms with Gasteiger partial charge in [-0.1, -0.05) is 6.92 Å². The summed E-state index contributed by atoms with van der Waals surface area (Å²) in [4.78, 5) is 37.5. The Labute approximate surface area is 140 Å². The van der Waals surface area contributed by atoms with E-state index < -0.39 is 0 Å². The van der Waals surface area contributed by atoms with Gasteiger partial charge in [-0.2, -0.15) is 0 Å². The van der Waals surface area contributed by atoms with Gasteiger partial charge >= 0.3 is 0 Å². The third-order valence-electron chi connectivity index (χ3n) is 4.07. The van der Waals surface area contributed by atoms with Crippen LogP contribution in [0.1, 0.15) is 23.7 Å². The molecular weight excluding hydrogens is 312 g/mol. The molecule has 0 aliphatic carbocycles. The lowest BCUT2D eigenvalue weighted by Crippen LogP contribution is -2.47. The maximum absolute atomic E-state index is 12.2. The number of methoxy groups -OCH3 is 2. The molecule has 24 heavy (non-hydrogen) atoms. The van der Waals surface area contributed by atoms with E-state index in [2.05, 4.69) is 5.32 Å². The van der Waals surface area contributed by atoms with E-state index in [1.165, 1.54) is 14.2 Å². The minimum absolute atomic E-state index is 0.103. The van der Waals surface area contributed by atoms with Crippen LogP contribution in [0.3, 0.4) is 0 Å². The maximum atomic E-state index is 12.2. The third-order valence-corrected chi connectivity index (χ3v) is 4.07. The van der Waals surface area contributed by atoms with Crippen molar-refractivity contribution in [3.8, 4) is 11.5 Å². The second kappa shape index (κ2) is 7.81. The Morgan fingerprint density at radius 1 is 1.25 bits per heavy atom. The van der Waals surface area contributed by atoms with E-state index in [9.17, 15) is 14.4 Å². The van der Waals surface area contributed by atoms with Crippen molar-refractivity contribution in [2.45, 2.75) is 13.3 Å². The third kappa shape index (κ3) is 4.04. The maximum Gasteiger partial charge on any atom is 0.251 e. The van der Waals surface area contributed by atoms with Crippen LogP contribution in [-0.4, -0.2) is 56.4 Å². The van der Waals surface area contributed by atoms with E-state index in [1.54, 1.807) is 23.1 Å². The van der Waals surface area contributed by atoms with Gasteiger partial charge in [-0.25, -0.2) is 0 Å². The summed E-state index contributed by atoms with van der Waals surface area (Å²) >= 11 is 0. The van der Waals surface area contributed by atoms with E-state index in [0.717, 1.165) is 0 Å². The largest absolute Gasteiger partial charge is 0.493 e. The molecule has 1 saturated heterocycles. The normalized spacial score (nSPS) is 17.4. The van der Waals surface area contributed by atoms with E-state index in [0.29, 0.717) is 36.6 Å². The Morgan fingerprint density at radius 2 is 1.96 bits per heavy atom. The minimum atomic E-state index is -0.370. The molecule has 1 aromatic carbocycles. The molecule has 0 saturated carbocycles. The molecule has 1 fully saturated rings. The summed E-state index contributed by atoms with van der Waals surface area (Å²) in [5.74, 6) is 0.434. The zero-order valence-corrected chi connectivity index (χ0v) is 14.1. The second-order valence-corrected chi connectivity index (χ2v) is 5.71. The summed E-state index contributed by atoms with van der Waals surface area (Å²) in [6.45, 7) is 2.52. The average Bonchev–Trinajstić information content (AvgIpc) is 2.60. The lowest BCUT2D eigenvalue weighted by molar-refractivity contribution is -0.136. The number of ketones is 1. The molecule has 7 heteroatoms. The number of piperidine rings is 1. The van der Waals surface area contributed by atoms with Gasteiger partial charge in [0.1, 0.15) is 5.78 Å². The number of nitrogens with one attached hydrogen (secondary N) is 1. The van der Waals surface area contributed by atoms with Gasteiger partial charge in [0.15, 0.2) is 11.5 Å². The van der Waals surface area contributed by atoms with Crippen LogP contribution < -0.4 is 14.8 Å². The summed E-state index contributed by atoms with van der Waals surface area (Å²) in [6.07, 6.45) is 0.372. The van der Waals surface area contributed by atoms with Crippen molar-refractivity contribution in [2.75, 3.05) is 33.9 Å². The highest BCUT2D eigenvalue weighted by Crippen LogP contribution is 2.27. The van der Waals surface area contributed by atoms with Gasteiger partial charge in [0.2, 0.25) is 5.91 Å². The molecule has 0 radical (unpaired) electrons. The fourth-order valence-electron chi connectivity index (χ4n) is 2.59. The van der Waals surface area contributed by atoms with Crippen LogP contribution in [0, 0.1) is 5.92 Å². The average molecular weight is 334 g/mol. The Bertz CT molecular complexity index is 644. The van der Waals surface area contributed by atoms with Crippen LogP contribution >= 0.6 is 0 Å². The number of hydrogen-bond donors (Lipinski definition) is 1. The second-order valence-electron chi connectivity index (χ2n) is 5.71. The lowest BCUT2D eigenvalue weighted by atomic mass is 9.98. The first-order valence-electron chi connectivity index (χ1n) is 7.77. The molecule has 1 aromatic rings.